The van der Waals surface area contributed by atoms with Crippen molar-refractivity contribution in [2.24, 2.45) is 0 Å². The van der Waals surface area contributed by atoms with Crippen molar-refractivity contribution in [2.75, 3.05) is 18.1 Å². The Kier molecular flexibility index (Phi) is 2.78. The van der Waals surface area contributed by atoms with Gasteiger partial charge in [-0.3, -0.25) is 4.79 Å². The molecule has 16 heavy (non-hydrogen) atoms. The van der Waals surface area contributed by atoms with Gasteiger partial charge in [-0.2, -0.15) is 5.26 Å². The van der Waals surface area contributed by atoms with Crippen molar-refractivity contribution in [3.05, 3.63) is 23.8 Å². The number of fused-ring (bicyclic) bond motifs is 1. The van der Waals surface area contributed by atoms with Crippen molar-refractivity contribution in [1.29, 1.82) is 5.26 Å². The normalized spacial score (nSPS) is 14.0. The third-order valence-electron chi connectivity index (χ3n) is 2.51. The Bertz CT molecular complexity index is 463. The van der Waals surface area contributed by atoms with Crippen molar-refractivity contribution in [3.8, 4) is 11.8 Å². The minimum atomic E-state index is -0.0911. The molecule has 4 heteroatoms. The van der Waals surface area contributed by atoms with Crippen molar-refractivity contribution in [3.63, 3.8) is 0 Å². The maximum absolute atomic E-state index is 11.6. The zero-order chi connectivity index (χ0) is 11.5. The van der Waals surface area contributed by atoms with E-state index in [1.165, 1.54) is 0 Å². The molecule has 1 heterocycles. The second-order valence-corrected chi connectivity index (χ2v) is 3.71. The van der Waals surface area contributed by atoms with Crippen LogP contribution in [0, 0.1) is 18.3 Å². The summed E-state index contributed by atoms with van der Waals surface area (Å²) in [7, 11) is 0. The van der Waals surface area contributed by atoms with E-state index in [4.69, 9.17) is 10.00 Å². The second-order valence-electron chi connectivity index (χ2n) is 3.71. The summed E-state index contributed by atoms with van der Waals surface area (Å²) in [5.74, 6) is 0.629. The molecule has 82 valence electrons. The van der Waals surface area contributed by atoms with Crippen LogP contribution in [-0.2, 0) is 4.79 Å². The fourth-order valence-electron chi connectivity index (χ4n) is 1.72. The summed E-state index contributed by atoms with van der Waals surface area (Å²) in [5.41, 5.74) is 1.85. The number of carbonyl (C=O) groups is 1. The molecular weight excluding hydrogens is 204 g/mol. The van der Waals surface area contributed by atoms with Gasteiger partial charge in [0.1, 0.15) is 5.75 Å². The predicted octanol–water partition coefficient (Wildman–Crippen LogP) is 1.63. The molecule has 0 unspecified atom stereocenters. The van der Waals surface area contributed by atoms with Gasteiger partial charge in [0, 0.05) is 6.54 Å². The number of nitriles is 1. The summed E-state index contributed by atoms with van der Waals surface area (Å²) in [6.07, 6.45) is 0.332. The number of rotatable bonds is 2. The van der Waals surface area contributed by atoms with E-state index in [0.29, 0.717) is 13.0 Å². The van der Waals surface area contributed by atoms with Crippen molar-refractivity contribution in [1.82, 2.24) is 0 Å². The Morgan fingerprint density at radius 3 is 3.12 bits per heavy atom. The molecule has 0 saturated heterocycles. The van der Waals surface area contributed by atoms with Crippen molar-refractivity contribution in [2.45, 2.75) is 13.3 Å². The van der Waals surface area contributed by atoms with E-state index in [0.717, 1.165) is 17.0 Å². The number of carbonyl (C=O) groups excluding carboxylic acids is 1. The van der Waals surface area contributed by atoms with Crippen LogP contribution >= 0.6 is 0 Å². The summed E-state index contributed by atoms with van der Waals surface area (Å²) < 4.78 is 5.35. The van der Waals surface area contributed by atoms with E-state index in [-0.39, 0.29) is 12.5 Å². The van der Waals surface area contributed by atoms with Gasteiger partial charge in [0.2, 0.25) is 0 Å². The van der Waals surface area contributed by atoms with Crippen LogP contribution < -0.4 is 9.64 Å². The highest BCUT2D eigenvalue weighted by molar-refractivity contribution is 5.97. The van der Waals surface area contributed by atoms with Gasteiger partial charge in [-0.1, -0.05) is 6.07 Å². The number of benzene rings is 1. The molecule has 1 aliphatic heterocycles. The highest BCUT2D eigenvalue weighted by Gasteiger charge is 2.24. The first kappa shape index (κ1) is 10.5. The molecule has 0 radical (unpaired) electrons. The van der Waals surface area contributed by atoms with Crippen LogP contribution in [0.2, 0.25) is 0 Å². The van der Waals surface area contributed by atoms with Crippen LogP contribution in [-0.4, -0.2) is 19.1 Å². The summed E-state index contributed by atoms with van der Waals surface area (Å²) >= 11 is 0. The summed E-state index contributed by atoms with van der Waals surface area (Å²) in [6, 6.07) is 7.74. The molecule has 0 atom stereocenters. The van der Waals surface area contributed by atoms with Crippen molar-refractivity contribution < 1.29 is 9.53 Å². The van der Waals surface area contributed by atoms with Gasteiger partial charge in [0.05, 0.1) is 18.2 Å². The highest BCUT2D eigenvalue weighted by atomic mass is 16.5. The van der Waals surface area contributed by atoms with E-state index in [1.807, 2.05) is 31.2 Å². The first-order valence-electron chi connectivity index (χ1n) is 5.13. The zero-order valence-electron chi connectivity index (χ0n) is 9.06. The van der Waals surface area contributed by atoms with Gasteiger partial charge in [-0.25, -0.2) is 0 Å². The number of amides is 1. The van der Waals surface area contributed by atoms with Crippen LogP contribution in [0.4, 0.5) is 5.69 Å². The Labute approximate surface area is 94.0 Å². The van der Waals surface area contributed by atoms with Crippen LogP contribution in [0.1, 0.15) is 12.0 Å². The third kappa shape index (κ3) is 1.84. The molecular formula is C12H12N2O2. The molecule has 4 nitrogen and oxygen atoms in total. The van der Waals surface area contributed by atoms with Crippen LogP contribution in [0.5, 0.6) is 5.75 Å². The topological polar surface area (TPSA) is 53.3 Å². The standard InChI is InChI=1S/C12H12N2O2/c1-9-3-4-10-11(7-9)16-8-12(15)14(10)6-2-5-13/h3-4,7H,2,6,8H2,1H3. The molecule has 2 rings (SSSR count). The minimum Gasteiger partial charge on any atom is -0.482 e. The summed E-state index contributed by atoms with van der Waals surface area (Å²) in [4.78, 5) is 13.3. The average molecular weight is 216 g/mol. The van der Waals surface area contributed by atoms with Gasteiger partial charge in [-0.05, 0) is 24.6 Å². The smallest absolute Gasteiger partial charge is 0.265 e. The van der Waals surface area contributed by atoms with Crippen LogP contribution in [0.25, 0.3) is 0 Å². The Morgan fingerprint density at radius 2 is 2.38 bits per heavy atom. The molecule has 1 aliphatic rings. The lowest BCUT2D eigenvalue weighted by Crippen LogP contribution is -2.39. The Hall–Kier alpha value is -2.02. The molecule has 0 aromatic heterocycles. The lowest BCUT2D eigenvalue weighted by atomic mass is 10.1. The summed E-state index contributed by atoms with van der Waals surface area (Å²) in [6.45, 7) is 2.45. The maximum atomic E-state index is 11.6. The first-order valence-corrected chi connectivity index (χ1v) is 5.13. The number of aryl methyl sites for hydroxylation is 1. The largest absolute Gasteiger partial charge is 0.482 e. The van der Waals surface area contributed by atoms with E-state index in [9.17, 15) is 4.79 Å². The zero-order valence-corrected chi connectivity index (χ0v) is 9.06. The van der Waals surface area contributed by atoms with E-state index < -0.39 is 0 Å². The number of hydrogen-bond donors (Lipinski definition) is 0. The van der Waals surface area contributed by atoms with E-state index in [1.54, 1.807) is 4.90 Å². The molecule has 1 amide bonds. The molecule has 0 saturated carbocycles. The molecule has 1 aromatic rings. The Balaban J connectivity index is 2.33. The highest BCUT2D eigenvalue weighted by Crippen LogP contribution is 2.32. The number of ether oxygens (including phenoxy) is 1. The van der Waals surface area contributed by atoms with E-state index >= 15 is 0 Å². The number of anilines is 1. The fraction of sp³-hybridized carbons (Fsp3) is 0.333. The SMILES string of the molecule is Cc1ccc2c(c1)OCC(=O)N2CCC#N. The quantitative estimate of drug-likeness (QED) is 0.755. The van der Waals surface area contributed by atoms with Gasteiger partial charge in [0.25, 0.3) is 5.91 Å². The monoisotopic (exact) mass is 216 g/mol. The van der Waals surface area contributed by atoms with Crippen LogP contribution in [0.3, 0.4) is 0 Å². The lowest BCUT2D eigenvalue weighted by Gasteiger charge is -2.28. The Morgan fingerprint density at radius 1 is 1.56 bits per heavy atom. The average Bonchev–Trinajstić information content (AvgIpc) is 2.28. The van der Waals surface area contributed by atoms with E-state index in [2.05, 4.69) is 0 Å². The van der Waals surface area contributed by atoms with Gasteiger partial charge in [0.15, 0.2) is 6.61 Å². The molecule has 1 aromatic carbocycles. The number of hydrogen-bond acceptors (Lipinski definition) is 3. The lowest BCUT2D eigenvalue weighted by molar-refractivity contribution is -0.121. The summed E-state index contributed by atoms with van der Waals surface area (Å²) in [5, 5.41) is 8.56. The first-order chi connectivity index (χ1) is 7.72. The fourth-order valence-corrected chi connectivity index (χ4v) is 1.72. The van der Waals surface area contributed by atoms with Gasteiger partial charge < -0.3 is 9.64 Å². The van der Waals surface area contributed by atoms with Crippen molar-refractivity contribution >= 4 is 11.6 Å². The molecule has 0 aliphatic carbocycles. The molecule has 0 bridgehead atoms. The van der Waals surface area contributed by atoms with Gasteiger partial charge in [-0.15, -0.1) is 0 Å². The molecule has 0 spiro atoms. The molecule has 0 fully saturated rings. The maximum Gasteiger partial charge on any atom is 0.265 e. The number of nitrogens with zero attached hydrogens (tertiary/aromatic N) is 2. The predicted molar refractivity (Wildman–Crippen MR) is 59.3 cm³/mol. The second kappa shape index (κ2) is 4.23. The van der Waals surface area contributed by atoms with Crippen LogP contribution in [0.15, 0.2) is 18.2 Å². The third-order valence-corrected chi connectivity index (χ3v) is 2.51. The molecule has 0 N–H and O–H groups in total. The van der Waals surface area contributed by atoms with Gasteiger partial charge >= 0.3 is 0 Å². The minimum absolute atomic E-state index is 0.0574.